The van der Waals surface area contributed by atoms with Crippen LogP contribution in [0.15, 0.2) is 4.99 Å². The van der Waals surface area contributed by atoms with Gasteiger partial charge in [0.25, 0.3) is 0 Å². The molecule has 0 amide bonds. The van der Waals surface area contributed by atoms with Crippen LogP contribution >= 0.6 is 0 Å². The van der Waals surface area contributed by atoms with E-state index < -0.39 is 0 Å². The second-order valence-electron chi connectivity index (χ2n) is 8.40. The molecule has 1 saturated heterocycles. The highest BCUT2D eigenvalue weighted by molar-refractivity contribution is 5.79. The molecule has 2 fully saturated rings. The molecule has 2 unspecified atom stereocenters. The van der Waals surface area contributed by atoms with E-state index >= 15 is 0 Å². The summed E-state index contributed by atoms with van der Waals surface area (Å²) in [5.41, 5.74) is 0. The second-order valence-corrected chi connectivity index (χ2v) is 8.40. The molecule has 1 saturated carbocycles. The number of piperazine rings is 1. The first-order valence-corrected chi connectivity index (χ1v) is 11.1. The van der Waals surface area contributed by atoms with E-state index in [1.54, 1.807) is 0 Å². The Morgan fingerprint density at radius 1 is 1.08 bits per heavy atom. The van der Waals surface area contributed by atoms with Gasteiger partial charge in [-0.25, -0.2) is 0 Å². The van der Waals surface area contributed by atoms with Gasteiger partial charge in [-0.3, -0.25) is 9.89 Å². The van der Waals surface area contributed by atoms with E-state index in [9.17, 15) is 0 Å². The predicted molar refractivity (Wildman–Crippen MR) is 113 cm³/mol. The fraction of sp³-hybridized carbons (Fsp3) is 0.952. The number of guanidine groups is 1. The van der Waals surface area contributed by atoms with E-state index in [4.69, 9.17) is 0 Å². The Balaban J connectivity index is 1.63. The highest BCUT2D eigenvalue weighted by Crippen LogP contribution is 2.27. The average molecular weight is 366 g/mol. The van der Waals surface area contributed by atoms with Crippen LogP contribution in [0, 0.1) is 5.92 Å². The summed E-state index contributed by atoms with van der Waals surface area (Å²) < 4.78 is 0. The normalized spacial score (nSPS) is 23.6. The summed E-state index contributed by atoms with van der Waals surface area (Å²) in [5, 5.41) is 7.14. The number of rotatable bonds is 8. The zero-order chi connectivity index (χ0) is 18.8. The molecule has 2 rings (SSSR count). The summed E-state index contributed by atoms with van der Waals surface area (Å²) in [6, 6.07) is 1.04. The molecule has 0 aromatic rings. The first-order chi connectivity index (χ1) is 12.6. The minimum atomic E-state index is 0.492. The lowest BCUT2D eigenvalue weighted by atomic mass is 9.85. The van der Waals surface area contributed by atoms with E-state index in [0.29, 0.717) is 12.1 Å². The zero-order valence-corrected chi connectivity index (χ0v) is 17.8. The standard InChI is InChI=1S/C21H43N5/c1-5-25-13-15-26(16-14-25)19(3)17-23-21(22-4)24-18(2)11-12-20-9-7-6-8-10-20/h18-20H,5-17H2,1-4H3,(H2,22,23,24). The zero-order valence-electron chi connectivity index (χ0n) is 17.8. The number of hydrogen-bond donors (Lipinski definition) is 2. The number of likely N-dealkylation sites (N-methyl/N-ethyl adjacent to an activating group) is 1. The van der Waals surface area contributed by atoms with Gasteiger partial charge in [-0.05, 0) is 39.2 Å². The summed E-state index contributed by atoms with van der Waals surface area (Å²) in [7, 11) is 1.88. The van der Waals surface area contributed by atoms with Crippen molar-refractivity contribution in [2.24, 2.45) is 10.9 Å². The van der Waals surface area contributed by atoms with Crippen LogP contribution in [-0.2, 0) is 0 Å². The maximum Gasteiger partial charge on any atom is 0.191 e. The monoisotopic (exact) mass is 365 g/mol. The van der Waals surface area contributed by atoms with Crippen LogP contribution in [0.3, 0.4) is 0 Å². The largest absolute Gasteiger partial charge is 0.355 e. The van der Waals surface area contributed by atoms with E-state index in [1.807, 2.05) is 7.05 Å². The maximum atomic E-state index is 4.43. The van der Waals surface area contributed by atoms with Crippen molar-refractivity contribution in [1.29, 1.82) is 0 Å². The summed E-state index contributed by atoms with van der Waals surface area (Å²) in [5.74, 6) is 1.92. The summed E-state index contributed by atoms with van der Waals surface area (Å²) >= 11 is 0. The van der Waals surface area contributed by atoms with Crippen molar-refractivity contribution in [3.63, 3.8) is 0 Å². The third-order valence-corrected chi connectivity index (χ3v) is 6.38. The molecule has 5 heteroatoms. The number of nitrogens with zero attached hydrogens (tertiary/aromatic N) is 3. The molecule has 2 atom stereocenters. The Morgan fingerprint density at radius 2 is 1.77 bits per heavy atom. The molecule has 0 aromatic heterocycles. The van der Waals surface area contributed by atoms with E-state index in [1.165, 1.54) is 77.7 Å². The van der Waals surface area contributed by atoms with E-state index in [-0.39, 0.29) is 0 Å². The van der Waals surface area contributed by atoms with Crippen LogP contribution < -0.4 is 10.6 Å². The molecule has 1 heterocycles. The van der Waals surface area contributed by atoms with Gasteiger partial charge in [0.15, 0.2) is 5.96 Å². The van der Waals surface area contributed by atoms with Crippen LogP contribution in [0.2, 0.25) is 0 Å². The molecular formula is C21H43N5. The summed E-state index contributed by atoms with van der Waals surface area (Å²) in [4.78, 5) is 9.56. The van der Waals surface area contributed by atoms with Crippen LogP contribution in [0.4, 0.5) is 0 Å². The first kappa shape index (κ1) is 21.5. The molecule has 5 nitrogen and oxygen atoms in total. The molecule has 0 radical (unpaired) electrons. The Morgan fingerprint density at radius 3 is 2.38 bits per heavy atom. The lowest BCUT2D eigenvalue weighted by Gasteiger charge is -2.37. The third-order valence-electron chi connectivity index (χ3n) is 6.38. The molecule has 152 valence electrons. The molecular weight excluding hydrogens is 322 g/mol. The lowest BCUT2D eigenvalue weighted by molar-refractivity contribution is 0.107. The molecule has 0 bridgehead atoms. The van der Waals surface area contributed by atoms with Crippen molar-refractivity contribution in [3.05, 3.63) is 0 Å². The molecule has 0 spiro atoms. The fourth-order valence-electron chi connectivity index (χ4n) is 4.36. The van der Waals surface area contributed by atoms with Crippen molar-refractivity contribution in [2.75, 3.05) is 46.3 Å². The summed E-state index contributed by atoms with van der Waals surface area (Å²) in [6.07, 6.45) is 9.85. The van der Waals surface area contributed by atoms with Crippen molar-refractivity contribution in [1.82, 2.24) is 20.4 Å². The minimum Gasteiger partial charge on any atom is -0.355 e. The summed E-state index contributed by atoms with van der Waals surface area (Å²) in [6.45, 7) is 13.8. The Hall–Kier alpha value is -0.810. The van der Waals surface area contributed by atoms with Crippen molar-refractivity contribution in [3.8, 4) is 0 Å². The maximum absolute atomic E-state index is 4.43. The van der Waals surface area contributed by atoms with Gasteiger partial charge in [0, 0.05) is 51.9 Å². The highest BCUT2D eigenvalue weighted by Gasteiger charge is 2.20. The second kappa shape index (κ2) is 11.8. The van der Waals surface area contributed by atoms with Crippen LogP contribution in [0.5, 0.6) is 0 Å². The predicted octanol–water partition coefficient (Wildman–Crippen LogP) is 2.93. The van der Waals surface area contributed by atoms with Crippen LogP contribution in [0.1, 0.15) is 65.7 Å². The van der Waals surface area contributed by atoms with Gasteiger partial charge in [0.1, 0.15) is 0 Å². The minimum absolute atomic E-state index is 0.492. The van der Waals surface area contributed by atoms with Gasteiger partial charge in [-0.1, -0.05) is 39.0 Å². The van der Waals surface area contributed by atoms with Gasteiger partial charge in [0.05, 0.1) is 0 Å². The molecule has 2 aliphatic rings. The molecule has 26 heavy (non-hydrogen) atoms. The Labute approximate surface area is 162 Å². The lowest BCUT2D eigenvalue weighted by Crippen LogP contribution is -2.53. The number of nitrogens with one attached hydrogen (secondary N) is 2. The quantitative estimate of drug-likeness (QED) is 0.513. The van der Waals surface area contributed by atoms with Gasteiger partial charge in [-0.2, -0.15) is 0 Å². The van der Waals surface area contributed by atoms with Crippen LogP contribution in [-0.4, -0.2) is 74.2 Å². The van der Waals surface area contributed by atoms with Crippen LogP contribution in [0.25, 0.3) is 0 Å². The molecule has 1 aliphatic heterocycles. The van der Waals surface area contributed by atoms with Crippen molar-refractivity contribution in [2.45, 2.75) is 77.8 Å². The topological polar surface area (TPSA) is 42.9 Å². The van der Waals surface area contributed by atoms with Gasteiger partial charge >= 0.3 is 0 Å². The molecule has 0 aromatic carbocycles. The van der Waals surface area contributed by atoms with Gasteiger partial charge in [-0.15, -0.1) is 0 Å². The first-order valence-electron chi connectivity index (χ1n) is 11.1. The SMILES string of the molecule is CCN1CCN(C(C)CNC(=NC)NC(C)CCC2CCCCC2)CC1. The average Bonchev–Trinajstić information content (AvgIpc) is 2.70. The van der Waals surface area contributed by atoms with Crippen molar-refractivity contribution >= 4 is 5.96 Å². The van der Waals surface area contributed by atoms with Gasteiger partial charge < -0.3 is 15.5 Å². The number of aliphatic imine (C=N–C) groups is 1. The smallest absolute Gasteiger partial charge is 0.191 e. The van der Waals surface area contributed by atoms with E-state index in [0.717, 1.165) is 18.4 Å². The molecule has 1 aliphatic carbocycles. The highest BCUT2D eigenvalue weighted by atomic mass is 15.3. The van der Waals surface area contributed by atoms with E-state index in [2.05, 4.69) is 46.2 Å². The molecule has 2 N–H and O–H groups in total. The van der Waals surface area contributed by atoms with Crippen molar-refractivity contribution < 1.29 is 0 Å². The Bertz CT molecular complexity index is 397. The Kier molecular flexibility index (Phi) is 9.76. The van der Waals surface area contributed by atoms with Gasteiger partial charge in [0.2, 0.25) is 0 Å². The fourth-order valence-corrected chi connectivity index (χ4v) is 4.36. The number of hydrogen-bond acceptors (Lipinski definition) is 3. The third kappa shape index (κ3) is 7.43.